The number of aromatic nitrogens is 4. The maximum Gasteiger partial charge on any atom is 0.491 e. The Balaban J connectivity index is 1.58. The summed E-state index contributed by atoms with van der Waals surface area (Å²) in [4.78, 5) is 34.6. The van der Waals surface area contributed by atoms with Gasteiger partial charge in [0.1, 0.15) is 0 Å². The van der Waals surface area contributed by atoms with Gasteiger partial charge in [0.25, 0.3) is 5.91 Å². The fourth-order valence-corrected chi connectivity index (χ4v) is 3.71. The second-order valence-corrected chi connectivity index (χ2v) is 8.48. The lowest BCUT2D eigenvalue weighted by atomic mass is 10.1. The maximum atomic E-state index is 12.5. The second kappa shape index (κ2) is 12.6. The highest BCUT2D eigenvalue weighted by atomic mass is 19.4. The van der Waals surface area contributed by atoms with Gasteiger partial charge < -0.3 is 29.7 Å². The molecule has 1 aromatic carbocycles. The molecule has 0 unspecified atom stereocenters. The molecule has 1 saturated heterocycles. The highest BCUT2D eigenvalue weighted by molar-refractivity contribution is 6.03. The molecular weight excluding hydrogens is 535 g/mol. The molecule has 0 bridgehead atoms. The van der Waals surface area contributed by atoms with E-state index in [1.54, 1.807) is 48.6 Å². The lowest BCUT2D eigenvalue weighted by Gasteiger charge is -2.30. The Morgan fingerprint density at radius 2 is 1.95 bits per heavy atom. The zero-order valence-electron chi connectivity index (χ0n) is 21.4. The minimum Gasteiger partial charge on any atom is -0.415 e. The number of ether oxygens (including phenoxy) is 3. The molecule has 4 rings (SSSR count). The predicted molar refractivity (Wildman–Crippen MR) is 138 cm³/mol. The van der Waals surface area contributed by atoms with Crippen molar-refractivity contribution in [2.45, 2.75) is 12.7 Å². The predicted octanol–water partition coefficient (Wildman–Crippen LogP) is 3.12. The third kappa shape index (κ3) is 7.33. The second-order valence-electron chi connectivity index (χ2n) is 8.48. The Kier molecular flexibility index (Phi) is 8.96. The van der Waals surface area contributed by atoms with Gasteiger partial charge in [-0.1, -0.05) is 18.7 Å². The summed E-state index contributed by atoms with van der Waals surface area (Å²) in [6, 6.07) is 6.49. The molecule has 2 aromatic heterocycles. The number of nitrogens with one attached hydrogen (secondary N) is 2. The number of rotatable bonds is 10. The van der Waals surface area contributed by atoms with Crippen LogP contribution in [0.2, 0.25) is 0 Å². The summed E-state index contributed by atoms with van der Waals surface area (Å²) < 4.78 is 53.7. The number of halogens is 3. The number of esters is 1. The van der Waals surface area contributed by atoms with E-state index in [1.807, 2.05) is 0 Å². The van der Waals surface area contributed by atoms with Gasteiger partial charge in [-0.25, -0.2) is 14.8 Å². The first-order valence-corrected chi connectivity index (χ1v) is 12.0. The van der Waals surface area contributed by atoms with Crippen molar-refractivity contribution in [3.63, 3.8) is 0 Å². The maximum absolute atomic E-state index is 12.5. The van der Waals surface area contributed by atoms with Crippen LogP contribution in [-0.4, -0.2) is 77.8 Å². The van der Waals surface area contributed by atoms with E-state index in [9.17, 15) is 22.8 Å². The SMILES string of the molecule is C=C(OC(=O)C(F)(F)F)C(=O)Nc1cccc(-c2nc(Nc3cnn(CCOC)c3)ncc2N2CCOCC2)c1. The van der Waals surface area contributed by atoms with E-state index in [0.29, 0.717) is 62.3 Å². The number of carbonyl (C=O) groups is 2. The first-order chi connectivity index (χ1) is 19.1. The van der Waals surface area contributed by atoms with E-state index in [4.69, 9.17) is 14.5 Å². The number of alkyl halides is 3. The van der Waals surface area contributed by atoms with Gasteiger partial charge in [0.05, 0.1) is 55.8 Å². The first kappa shape index (κ1) is 28.5. The van der Waals surface area contributed by atoms with Crippen LogP contribution >= 0.6 is 0 Å². The van der Waals surface area contributed by atoms with Gasteiger partial charge in [0.15, 0.2) is 5.76 Å². The van der Waals surface area contributed by atoms with Crippen LogP contribution < -0.4 is 15.5 Å². The number of hydrogen-bond acceptors (Lipinski definition) is 10. The number of amides is 1. The standard InChI is InChI=1S/C25H26F3N7O5/c1-16(40-23(37)25(26,27)28)22(36)31-18-5-3-4-17(12-18)21-20(34-6-10-39-11-7-34)14-29-24(33-21)32-19-13-30-35(15-19)8-9-38-2/h3-5,12-15H,1,6-11H2,2H3,(H,31,36)(H,29,32,33). The fourth-order valence-electron chi connectivity index (χ4n) is 3.71. The monoisotopic (exact) mass is 561 g/mol. The van der Waals surface area contributed by atoms with E-state index < -0.39 is 23.8 Å². The molecule has 1 aliphatic rings. The normalized spacial score (nSPS) is 13.6. The van der Waals surface area contributed by atoms with Crippen LogP contribution in [0.4, 0.5) is 36.2 Å². The molecule has 212 valence electrons. The third-order valence-electron chi connectivity index (χ3n) is 5.63. The quantitative estimate of drug-likeness (QED) is 0.216. The van der Waals surface area contributed by atoms with Crippen molar-refractivity contribution in [2.75, 3.05) is 55.6 Å². The lowest BCUT2D eigenvalue weighted by Crippen LogP contribution is -2.36. The minimum atomic E-state index is -5.26. The number of carbonyl (C=O) groups excluding carboxylic acids is 2. The van der Waals surface area contributed by atoms with Crippen LogP contribution in [-0.2, 0) is 30.3 Å². The molecule has 0 spiro atoms. The minimum absolute atomic E-state index is 0.215. The molecule has 0 atom stereocenters. The van der Waals surface area contributed by atoms with E-state index in [1.165, 1.54) is 6.07 Å². The molecule has 40 heavy (non-hydrogen) atoms. The largest absolute Gasteiger partial charge is 0.491 e. The number of hydrogen-bond donors (Lipinski definition) is 2. The molecule has 0 radical (unpaired) electrons. The van der Waals surface area contributed by atoms with Gasteiger partial charge in [-0.15, -0.1) is 0 Å². The van der Waals surface area contributed by atoms with Crippen LogP contribution in [0, 0.1) is 0 Å². The number of morpholine rings is 1. The Morgan fingerprint density at radius 1 is 1.18 bits per heavy atom. The molecule has 0 aliphatic carbocycles. The third-order valence-corrected chi connectivity index (χ3v) is 5.63. The van der Waals surface area contributed by atoms with E-state index >= 15 is 0 Å². The molecule has 0 saturated carbocycles. The molecular formula is C25H26F3N7O5. The zero-order chi connectivity index (χ0) is 28.7. The summed E-state index contributed by atoms with van der Waals surface area (Å²) >= 11 is 0. The van der Waals surface area contributed by atoms with Gasteiger partial charge in [0, 0.05) is 37.6 Å². The molecule has 2 N–H and O–H groups in total. The van der Waals surface area contributed by atoms with Crippen molar-refractivity contribution in [2.24, 2.45) is 0 Å². The summed E-state index contributed by atoms with van der Waals surface area (Å²) in [5, 5.41) is 9.77. The van der Waals surface area contributed by atoms with Crippen molar-refractivity contribution in [3.8, 4) is 11.3 Å². The van der Waals surface area contributed by atoms with E-state index in [2.05, 4.69) is 36.9 Å². The highest BCUT2D eigenvalue weighted by Crippen LogP contribution is 2.32. The molecule has 1 amide bonds. The van der Waals surface area contributed by atoms with Crippen molar-refractivity contribution < 1.29 is 37.0 Å². The van der Waals surface area contributed by atoms with Crippen LogP contribution in [0.15, 0.2) is 55.2 Å². The summed E-state index contributed by atoms with van der Waals surface area (Å²) in [7, 11) is 1.60. The zero-order valence-corrected chi connectivity index (χ0v) is 21.4. The Morgan fingerprint density at radius 3 is 2.67 bits per heavy atom. The number of methoxy groups -OCH3 is 1. The van der Waals surface area contributed by atoms with Crippen LogP contribution in [0.5, 0.6) is 0 Å². The van der Waals surface area contributed by atoms with Crippen molar-refractivity contribution in [1.82, 2.24) is 19.7 Å². The highest BCUT2D eigenvalue weighted by Gasteiger charge is 2.42. The molecule has 1 aliphatic heterocycles. The van der Waals surface area contributed by atoms with Crippen LogP contribution in [0.1, 0.15) is 0 Å². The first-order valence-electron chi connectivity index (χ1n) is 12.0. The number of anilines is 4. The van der Waals surface area contributed by atoms with Gasteiger partial charge >= 0.3 is 12.1 Å². The number of nitrogens with zero attached hydrogens (tertiary/aromatic N) is 5. The van der Waals surface area contributed by atoms with Crippen molar-refractivity contribution in [1.29, 1.82) is 0 Å². The average molecular weight is 562 g/mol. The molecule has 3 heterocycles. The molecule has 3 aromatic rings. The van der Waals surface area contributed by atoms with Crippen LogP contribution in [0.25, 0.3) is 11.3 Å². The van der Waals surface area contributed by atoms with Crippen molar-refractivity contribution in [3.05, 3.63) is 55.2 Å². The summed E-state index contributed by atoms with van der Waals surface area (Å²) in [5.74, 6) is -4.36. The van der Waals surface area contributed by atoms with Gasteiger partial charge in [-0.3, -0.25) is 9.48 Å². The summed E-state index contributed by atoms with van der Waals surface area (Å²) in [5.41, 5.74) is 2.71. The average Bonchev–Trinajstić information content (AvgIpc) is 3.39. The van der Waals surface area contributed by atoms with Crippen LogP contribution in [0.3, 0.4) is 0 Å². The van der Waals surface area contributed by atoms with Gasteiger partial charge in [-0.05, 0) is 12.1 Å². The Bertz CT molecular complexity index is 1370. The molecule has 15 heteroatoms. The van der Waals surface area contributed by atoms with Gasteiger partial charge in [0.2, 0.25) is 5.95 Å². The van der Waals surface area contributed by atoms with E-state index in [0.717, 1.165) is 5.69 Å². The van der Waals surface area contributed by atoms with E-state index in [-0.39, 0.29) is 5.69 Å². The smallest absolute Gasteiger partial charge is 0.415 e. The Labute approximate surface area is 226 Å². The topological polar surface area (TPSA) is 133 Å². The summed E-state index contributed by atoms with van der Waals surface area (Å²) in [6.45, 7) is 6.44. The van der Waals surface area contributed by atoms with Crippen molar-refractivity contribution >= 4 is 34.9 Å². The van der Waals surface area contributed by atoms with Gasteiger partial charge in [-0.2, -0.15) is 18.3 Å². The number of benzene rings is 1. The Hall–Kier alpha value is -4.50. The molecule has 1 fully saturated rings. The summed E-state index contributed by atoms with van der Waals surface area (Å²) in [6.07, 6.45) is -0.175. The molecule has 12 nitrogen and oxygen atoms in total. The fraction of sp³-hybridized carbons (Fsp3) is 0.320. The lowest BCUT2D eigenvalue weighted by molar-refractivity contribution is -0.195.